The first-order valence-electron chi connectivity index (χ1n) is 9.76. The molecule has 7 heteroatoms. The lowest BCUT2D eigenvalue weighted by atomic mass is 10.0. The highest BCUT2D eigenvalue weighted by atomic mass is 35.5. The van der Waals surface area contributed by atoms with Crippen molar-refractivity contribution < 1.29 is 19.8 Å². The number of nitrogens with zero attached hydrogens (tertiary/aromatic N) is 1. The van der Waals surface area contributed by atoms with Crippen LogP contribution in [0.15, 0.2) is 66.7 Å². The Morgan fingerprint density at radius 1 is 0.871 bits per heavy atom. The van der Waals surface area contributed by atoms with E-state index in [1.54, 1.807) is 24.3 Å². The molecule has 0 aliphatic heterocycles. The SMILES string of the molecule is CCN(CC)c1ccc(O)c(C(=O)Nc2cc(-c3ccccc3)ccc2C(=O)O)c1.Cl. The number of carbonyl (C=O) groups excluding carboxylic acids is 1. The lowest BCUT2D eigenvalue weighted by molar-refractivity contribution is 0.0698. The summed E-state index contributed by atoms with van der Waals surface area (Å²) in [5, 5.41) is 22.4. The molecule has 31 heavy (non-hydrogen) atoms. The molecule has 6 nitrogen and oxygen atoms in total. The summed E-state index contributed by atoms with van der Waals surface area (Å²) in [4.78, 5) is 26.6. The van der Waals surface area contributed by atoms with Gasteiger partial charge in [-0.15, -0.1) is 12.4 Å². The highest BCUT2D eigenvalue weighted by Gasteiger charge is 2.18. The number of halogens is 1. The van der Waals surface area contributed by atoms with Gasteiger partial charge in [-0.1, -0.05) is 36.4 Å². The molecule has 0 fully saturated rings. The van der Waals surface area contributed by atoms with Crippen molar-refractivity contribution in [2.75, 3.05) is 23.3 Å². The predicted octanol–water partition coefficient (Wildman–Crippen LogP) is 5.28. The Kier molecular flexibility index (Phi) is 8.05. The number of benzene rings is 3. The number of hydrogen-bond donors (Lipinski definition) is 3. The molecule has 0 spiro atoms. The van der Waals surface area contributed by atoms with Crippen LogP contribution < -0.4 is 10.2 Å². The van der Waals surface area contributed by atoms with Crippen LogP contribution in [0.2, 0.25) is 0 Å². The van der Waals surface area contributed by atoms with E-state index in [9.17, 15) is 19.8 Å². The van der Waals surface area contributed by atoms with Crippen LogP contribution in [-0.4, -0.2) is 35.2 Å². The van der Waals surface area contributed by atoms with Gasteiger partial charge < -0.3 is 20.4 Å². The molecule has 0 atom stereocenters. The normalized spacial score (nSPS) is 10.1. The number of phenols is 1. The molecule has 3 rings (SSSR count). The number of aromatic carboxylic acids is 1. The van der Waals surface area contributed by atoms with E-state index in [0.717, 1.165) is 29.9 Å². The molecule has 0 bridgehead atoms. The lowest BCUT2D eigenvalue weighted by Crippen LogP contribution is -2.22. The monoisotopic (exact) mass is 440 g/mol. The first-order chi connectivity index (χ1) is 14.4. The molecule has 0 saturated carbocycles. The van der Waals surface area contributed by atoms with Gasteiger partial charge in [0, 0.05) is 18.8 Å². The van der Waals surface area contributed by atoms with E-state index < -0.39 is 11.9 Å². The number of amides is 1. The van der Waals surface area contributed by atoms with Gasteiger partial charge in [0.1, 0.15) is 5.75 Å². The van der Waals surface area contributed by atoms with Crippen molar-refractivity contribution in [2.45, 2.75) is 13.8 Å². The van der Waals surface area contributed by atoms with Crippen LogP contribution >= 0.6 is 12.4 Å². The Morgan fingerprint density at radius 2 is 1.55 bits per heavy atom. The Balaban J connectivity index is 0.00000341. The third-order valence-electron chi connectivity index (χ3n) is 4.96. The molecule has 3 aromatic carbocycles. The largest absolute Gasteiger partial charge is 0.507 e. The molecular weight excluding hydrogens is 416 g/mol. The predicted molar refractivity (Wildman–Crippen MR) is 126 cm³/mol. The van der Waals surface area contributed by atoms with Crippen LogP contribution in [0.1, 0.15) is 34.6 Å². The van der Waals surface area contributed by atoms with Crippen molar-refractivity contribution >= 4 is 35.7 Å². The summed E-state index contributed by atoms with van der Waals surface area (Å²) in [5.41, 5.74) is 2.71. The van der Waals surface area contributed by atoms with Gasteiger partial charge in [0.25, 0.3) is 5.91 Å². The molecule has 0 aliphatic carbocycles. The van der Waals surface area contributed by atoms with Gasteiger partial charge in [-0.25, -0.2) is 4.79 Å². The third-order valence-corrected chi connectivity index (χ3v) is 4.96. The molecule has 0 radical (unpaired) electrons. The molecule has 3 N–H and O–H groups in total. The highest BCUT2D eigenvalue weighted by Crippen LogP contribution is 2.29. The molecule has 0 saturated heterocycles. The summed E-state index contributed by atoms with van der Waals surface area (Å²) < 4.78 is 0. The number of hydrogen-bond acceptors (Lipinski definition) is 4. The maximum atomic E-state index is 12.9. The van der Waals surface area contributed by atoms with E-state index in [1.807, 2.05) is 44.2 Å². The number of rotatable bonds is 7. The van der Waals surface area contributed by atoms with Gasteiger partial charge in [-0.3, -0.25) is 4.79 Å². The zero-order chi connectivity index (χ0) is 21.7. The smallest absolute Gasteiger partial charge is 0.337 e. The van der Waals surface area contributed by atoms with Crippen molar-refractivity contribution in [3.8, 4) is 16.9 Å². The van der Waals surface area contributed by atoms with Gasteiger partial charge in [0.05, 0.1) is 16.8 Å². The second-order valence-electron chi connectivity index (χ2n) is 6.76. The van der Waals surface area contributed by atoms with Gasteiger partial charge in [-0.05, 0) is 55.3 Å². The summed E-state index contributed by atoms with van der Waals surface area (Å²) in [6.07, 6.45) is 0. The van der Waals surface area contributed by atoms with E-state index in [-0.39, 0.29) is 35.0 Å². The quantitative estimate of drug-likeness (QED) is 0.465. The number of carboxylic acids is 1. The minimum absolute atomic E-state index is 0. The van der Waals surface area contributed by atoms with Gasteiger partial charge in [-0.2, -0.15) is 0 Å². The Bertz CT molecular complexity index is 1070. The molecule has 0 unspecified atom stereocenters. The van der Waals surface area contributed by atoms with Crippen molar-refractivity contribution in [3.05, 3.63) is 77.9 Å². The Morgan fingerprint density at radius 3 is 2.16 bits per heavy atom. The zero-order valence-electron chi connectivity index (χ0n) is 17.3. The highest BCUT2D eigenvalue weighted by molar-refractivity contribution is 6.10. The van der Waals surface area contributed by atoms with Gasteiger partial charge >= 0.3 is 5.97 Å². The van der Waals surface area contributed by atoms with Gasteiger partial charge in [0.2, 0.25) is 0 Å². The van der Waals surface area contributed by atoms with Crippen LogP contribution in [0.3, 0.4) is 0 Å². The van der Waals surface area contributed by atoms with Crippen LogP contribution in [0.25, 0.3) is 11.1 Å². The third kappa shape index (κ3) is 5.35. The second kappa shape index (κ2) is 10.5. The Labute approximate surface area is 187 Å². The molecule has 0 aromatic heterocycles. The molecule has 0 aliphatic rings. The second-order valence-corrected chi connectivity index (χ2v) is 6.76. The van der Waals surface area contributed by atoms with Crippen molar-refractivity contribution in [2.24, 2.45) is 0 Å². The molecule has 1 amide bonds. The molecule has 0 heterocycles. The van der Waals surface area contributed by atoms with Crippen LogP contribution in [0.4, 0.5) is 11.4 Å². The molecule has 3 aromatic rings. The average molecular weight is 441 g/mol. The average Bonchev–Trinajstić information content (AvgIpc) is 2.76. The summed E-state index contributed by atoms with van der Waals surface area (Å²) >= 11 is 0. The number of nitrogens with one attached hydrogen (secondary N) is 1. The van der Waals surface area contributed by atoms with E-state index in [0.29, 0.717) is 0 Å². The first-order valence-corrected chi connectivity index (χ1v) is 9.76. The first kappa shape index (κ1) is 23.8. The number of carbonyl (C=O) groups is 2. The van der Waals surface area contributed by atoms with E-state index in [1.165, 1.54) is 12.1 Å². The maximum absolute atomic E-state index is 12.9. The van der Waals surface area contributed by atoms with Crippen molar-refractivity contribution in [3.63, 3.8) is 0 Å². The van der Waals surface area contributed by atoms with Crippen LogP contribution in [-0.2, 0) is 0 Å². The topological polar surface area (TPSA) is 89.9 Å². The fourth-order valence-electron chi connectivity index (χ4n) is 3.33. The summed E-state index contributed by atoms with van der Waals surface area (Å²) in [5.74, 6) is -1.89. The standard InChI is InChI=1S/C24H24N2O4.ClH/c1-3-26(4-2)18-11-13-22(27)20(15-18)23(28)25-21-14-17(10-12-19(21)24(29)30)16-8-6-5-7-9-16;/h5-15,27H,3-4H2,1-2H3,(H,25,28)(H,29,30);1H. The molecular formula is C24H25ClN2O4. The Hall–Kier alpha value is -3.51. The van der Waals surface area contributed by atoms with E-state index in [4.69, 9.17) is 0 Å². The number of anilines is 2. The van der Waals surface area contributed by atoms with Crippen molar-refractivity contribution in [1.82, 2.24) is 0 Å². The van der Waals surface area contributed by atoms with E-state index in [2.05, 4.69) is 10.2 Å². The summed E-state index contributed by atoms with van der Waals surface area (Å²) in [6.45, 7) is 5.52. The minimum Gasteiger partial charge on any atom is -0.507 e. The number of phenolic OH excluding ortho intramolecular Hbond substituents is 1. The summed E-state index contributed by atoms with van der Waals surface area (Å²) in [7, 11) is 0. The fraction of sp³-hybridized carbons (Fsp3) is 0.167. The van der Waals surface area contributed by atoms with Crippen molar-refractivity contribution in [1.29, 1.82) is 0 Å². The fourth-order valence-corrected chi connectivity index (χ4v) is 3.33. The summed E-state index contributed by atoms with van der Waals surface area (Å²) in [6, 6.07) is 19.1. The zero-order valence-corrected chi connectivity index (χ0v) is 18.1. The van der Waals surface area contributed by atoms with Crippen LogP contribution in [0.5, 0.6) is 5.75 Å². The molecule has 162 valence electrons. The van der Waals surface area contributed by atoms with Gasteiger partial charge in [0.15, 0.2) is 0 Å². The number of aromatic hydroxyl groups is 1. The lowest BCUT2D eigenvalue weighted by Gasteiger charge is -2.22. The minimum atomic E-state index is -1.15. The maximum Gasteiger partial charge on any atom is 0.337 e. The van der Waals surface area contributed by atoms with Crippen LogP contribution in [0, 0.1) is 0 Å². The van der Waals surface area contributed by atoms with E-state index >= 15 is 0 Å². The number of carboxylic acid groups (broad SMARTS) is 1.